The van der Waals surface area contributed by atoms with Gasteiger partial charge in [0.1, 0.15) is 12.4 Å². The van der Waals surface area contributed by atoms with Gasteiger partial charge >= 0.3 is 0 Å². The normalized spacial score (nSPS) is 10.5. The molecule has 0 N–H and O–H groups in total. The van der Waals surface area contributed by atoms with Crippen molar-refractivity contribution in [2.75, 3.05) is 0 Å². The minimum Gasteiger partial charge on any atom is -0.233 e. The van der Waals surface area contributed by atoms with Crippen LogP contribution in [0.15, 0.2) is 18.5 Å². The zero-order chi connectivity index (χ0) is 10.8. The summed E-state index contributed by atoms with van der Waals surface area (Å²) >= 11 is 0. The molecule has 0 aliphatic carbocycles. The van der Waals surface area contributed by atoms with E-state index in [2.05, 4.69) is 28.8 Å². The smallest absolute Gasteiger partial charge is 0.164 e. The highest BCUT2D eigenvalue weighted by Crippen LogP contribution is 2.17. The fourth-order valence-electron chi connectivity index (χ4n) is 1.37. The van der Waals surface area contributed by atoms with Gasteiger partial charge in [-0.15, -0.1) is 0 Å². The van der Waals surface area contributed by atoms with Crippen molar-refractivity contribution < 1.29 is 0 Å². The van der Waals surface area contributed by atoms with Crippen LogP contribution < -0.4 is 0 Å². The van der Waals surface area contributed by atoms with Crippen LogP contribution in [0.5, 0.6) is 0 Å². The Kier molecular flexibility index (Phi) is 2.30. The number of rotatable bonds is 1. The maximum absolute atomic E-state index is 8.85. The summed E-state index contributed by atoms with van der Waals surface area (Å²) in [4.78, 5) is 12.3. The van der Waals surface area contributed by atoms with E-state index in [-0.39, 0.29) is 0 Å². The number of hydrogen-bond donors (Lipinski definition) is 0. The molecular formula is C11H10N4. The monoisotopic (exact) mass is 198 g/mol. The molecule has 0 bridgehead atoms. The fourth-order valence-corrected chi connectivity index (χ4v) is 1.37. The molecule has 0 fully saturated rings. The minimum atomic E-state index is 0.356. The molecule has 4 nitrogen and oxygen atoms in total. The van der Waals surface area contributed by atoms with Crippen molar-refractivity contribution in [1.82, 2.24) is 15.0 Å². The van der Waals surface area contributed by atoms with Crippen LogP contribution in [0.1, 0.15) is 31.2 Å². The van der Waals surface area contributed by atoms with Gasteiger partial charge in [-0.25, -0.2) is 15.0 Å². The first-order valence-corrected chi connectivity index (χ1v) is 4.74. The largest absolute Gasteiger partial charge is 0.233 e. The average molecular weight is 198 g/mol. The standard InChI is InChI=1S/C11H10N4/c1-7(2)9-4-3-8-10(5-12)13-6-14-11(8)15-9/h3-4,6-7H,1-2H3. The summed E-state index contributed by atoms with van der Waals surface area (Å²) in [5, 5.41) is 9.56. The summed E-state index contributed by atoms with van der Waals surface area (Å²) < 4.78 is 0. The molecule has 4 heteroatoms. The Morgan fingerprint density at radius 1 is 1.27 bits per heavy atom. The zero-order valence-corrected chi connectivity index (χ0v) is 8.60. The highest BCUT2D eigenvalue weighted by atomic mass is 14.9. The lowest BCUT2D eigenvalue weighted by Gasteiger charge is -2.04. The van der Waals surface area contributed by atoms with Crippen molar-refractivity contribution in [2.24, 2.45) is 0 Å². The first kappa shape index (κ1) is 9.53. The second-order valence-electron chi connectivity index (χ2n) is 3.60. The van der Waals surface area contributed by atoms with Crippen LogP contribution in [0.2, 0.25) is 0 Å². The van der Waals surface area contributed by atoms with Gasteiger partial charge in [-0.05, 0) is 18.1 Å². The molecular weight excluding hydrogens is 188 g/mol. The fraction of sp³-hybridized carbons (Fsp3) is 0.273. The third-order valence-corrected chi connectivity index (χ3v) is 2.22. The molecule has 74 valence electrons. The molecule has 2 aromatic heterocycles. The van der Waals surface area contributed by atoms with Crippen molar-refractivity contribution in [1.29, 1.82) is 5.26 Å². The van der Waals surface area contributed by atoms with Gasteiger partial charge in [0.15, 0.2) is 11.3 Å². The number of aromatic nitrogens is 3. The first-order chi connectivity index (χ1) is 7.22. The number of nitriles is 1. The Bertz CT molecular complexity index is 540. The lowest BCUT2D eigenvalue weighted by atomic mass is 10.1. The molecule has 15 heavy (non-hydrogen) atoms. The molecule has 0 aliphatic heterocycles. The Hall–Kier alpha value is -2.02. The van der Waals surface area contributed by atoms with Gasteiger partial charge in [0, 0.05) is 5.69 Å². The van der Waals surface area contributed by atoms with E-state index in [0.29, 0.717) is 22.6 Å². The van der Waals surface area contributed by atoms with Gasteiger partial charge in [-0.3, -0.25) is 0 Å². The Balaban J connectivity index is 2.70. The Labute approximate surface area is 87.6 Å². The highest BCUT2D eigenvalue weighted by Gasteiger charge is 2.06. The molecule has 2 aromatic rings. The molecule has 0 spiro atoms. The molecule has 0 aliphatic rings. The molecule has 2 heterocycles. The third-order valence-electron chi connectivity index (χ3n) is 2.22. The third kappa shape index (κ3) is 1.64. The molecule has 0 aromatic carbocycles. The van der Waals surface area contributed by atoms with E-state index in [1.165, 1.54) is 6.33 Å². The molecule has 0 unspecified atom stereocenters. The van der Waals surface area contributed by atoms with E-state index >= 15 is 0 Å². The maximum Gasteiger partial charge on any atom is 0.164 e. The van der Waals surface area contributed by atoms with Crippen LogP contribution in [0.3, 0.4) is 0 Å². The second-order valence-corrected chi connectivity index (χ2v) is 3.60. The SMILES string of the molecule is CC(C)c1ccc2c(C#N)ncnc2n1. The summed E-state index contributed by atoms with van der Waals surface area (Å²) in [5.74, 6) is 0.356. The summed E-state index contributed by atoms with van der Waals surface area (Å²) in [6.07, 6.45) is 1.37. The molecule has 0 radical (unpaired) electrons. The van der Waals surface area contributed by atoms with Crippen LogP contribution in [0, 0.1) is 11.3 Å². The van der Waals surface area contributed by atoms with Crippen LogP contribution in [-0.2, 0) is 0 Å². The van der Waals surface area contributed by atoms with E-state index in [4.69, 9.17) is 5.26 Å². The zero-order valence-electron chi connectivity index (χ0n) is 8.60. The Morgan fingerprint density at radius 3 is 2.73 bits per heavy atom. The van der Waals surface area contributed by atoms with Gasteiger partial charge in [0.25, 0.3) is 0 Å². The predicted molar refractivity (Wildman–Crippen MR) is 56.1 cm³/mol. The first-order valence-electron chi connectivity index (χ1n) is 4.74. The minimum absolute atomic E-state index is 0.356. The van der Waals surface area contributed by atoms with Crippen LogP contribution in [0.4, 0.5) is 0 Å². The number of hydrogen-bond acceptors (Lipinski definition) is 4. The van der Waals surface area contributed by atoms with Gasteiger partial charge in [0.2, 0.25) is 0 Å². The summed E-state index contributed by atoms with van der Waals surface area (Å²) in [5.41, 5.74) is 1.95. The van der Waals surface area contributed by atoms with E-state index in [0.717, 1.165) is 5.69 Å². The van der Waals surface area contributed by atoms with Crippen LogP contribution in [0.25, 0.3) is 11.0 Å². The van der Waals surface area contributed by atoms with Crippen molar-refractivity contribution in [3.63, 3.8) is 0 Å². The number of pyridine rings is 1. The summed E-state index contributed by atoms with van der Waals surface area (Å²) in [7, 11) is 0. The maximum atomic E-state index is 8.85. The van der Waals surface area contributed by atoms with E-state index < -0.39 is 0 Å². The van der Waals surface area contributed by atoms with Crippen molar-refractivity contribution >= 4 is 11.0 Å². The van der Waals surface area contributed by atoms with Crippen molar-refractivity contribution in [2.45, 2.75) is 19.8 Å². The molecule has 2 rings (SSSR count). The molecule has 0 amide bonds. The molecule has 0 atom stereocenters. The summed E-state index contributed by atoms with van der Waals surface area (Å²) in [6.45, 7) is 4.14. The highest BCUT2D eigenvalue weighted by molar-refractivity contribution is 5.79. The Morgan fingerprint density at radius 2 is 2.07 bits per heavy atom. The second kappa shape index (κ2) is 3.62. The molecule has 0 saturated carbocycles. The van der Waals surface area contributed by atoms with Gasteiger partial charge < -0.3 is 0 Å². The van der Waals surface area contributed by atoms with Crippen molar-refractivity contribution in [3.8, 4) is 6.07 Å². The lowest BCUT2D eigenvalue weighted by molar-refractivity contribution is 0.827. The lowest BCUT2D eigenvalue weighted by Crippen LogP contribution is -1.96. The van der Waals surface area contributed by atoms with Gasteiger partial charge in [-0.2, -0.15) is 5.26 Å². The topological polar surface area (TPSA) is 62.5 Å². The number of fused-ring (bicyclic) bond motifs is 1. The van der Waals surface area contributed by atoms with Gasteiger partial charge in [-0.1, -0.05) is 13.8 Å². The van der Waals surface area contributed by atoms with E-state index in [9.17, 15) is 0 Å². The number of nitrogens with zero attached hydrogens (tertiary/aromatic N) is 4. The molecule has 0 saturated heterocycles. The van der Waals surface area contributed by atoms with E-state index in [1.807, 2.05) is 18.2 Å². The predicted octanol–water partition coefficient (Wildman–Crippen LogP) is 2.02. The van der Waals surface area contributed by atoms with E-state index in [1.54, 1.807) is 0 Å². The quantitative estimate of drug-likeness (QED) is 0.703. The van der Waals surface area contributed by atoms with Crippen molar-refractivity contribution in [3.05, 3.63) is 29.8 Å². The van der Waals surface area contributed by atoms with Gasteiger partial charge in [0.05, 0.1) is 5.39 Å². The van der Waals surface area contributed by atoms with Crippen LogP contribution >= 0.6 is 0 Å². The van der Waals surface area contributed by atoms with Crippen LogP contribution in [-0.4, -0.2) is 15.0 Å². The summed E-state index contributed by atoms with van der Waals surface area (Å²) in [6, 6.07) is 5.80. The average Bonchev–Trinajstić information content (AvgIpc) is 2.27.